The molecule has 0 radical (unpaired) electrons. The minimum absolute atomic E-state index is 0.0203. The molecule has 1 N–H and O–H groups in total. The fourth-order valence-corrected chi connectivity index (χ4v) is 3.10. The predicted octanol–water partition coefficient (Wildman–Crippen LogP) is 4.28. The second kappa shape index (κ2) is 9.56. The van der Waals surface area contributed by atoms with E-state index < -0.39 is 11.9 Å². The molecule has 0 saturated carbocycles. The number of halogens is 2. The number of carbonyl (C=O) groups is 2. The second-order valence-electron chi connectivity index (χ2n) is 4.80. The van der Waals surface area contributed by atoms with Crippen LogP contribution in [0.2, 0.25) is 10.0 Å². The third-order valence-electron chi connectivity index (χ3n) is 2.96. The molecule has 1 amide bonds. The van der Waals surface area contributed by atoms with Crippen LogP contribution in [-0.4, -0.2) is 31.3 Å². The summed E-state index contributed by atoms with van der Waals surface area (Å²) < 4.78 is 10.0. The van der Waals surface area contributed by atoms with Crippen LogP contribution in [0.15, 0.2) is 47.4 Å². The van der Waals surface area contributed by atoms with Crippen LogP contribution >= 0.6 is 35.0 Å². The molecule has 2 aromatic rings. The molecule has 25 heavy (non-hydrogen) atoms. The van der Waals surface area contributed by atoms with E-state index in [2.05, 4.69) is 5.32 Å². The molecule has 0 aliphatic heterocycles. The summed E-state index contributed by atoms with van der Waals surface area (Å²) in [5, 5.41) is 3.64. The van der Waals surface area contributed by atoms with Gasteiger partial charge in [0, 0.05) is 21.7 Å². The highest BCUT2D eigenvalue weighted by atomic mass is 35.5. The topological polar surface area (TPSA) is 64.6 Å². The van der Waals surface area contributed by atoms with Gasteiger partial charge in [-0.25, -0.2) is 0 Å². The van der Waals surface area contributed by atoms with Crippen LogP contribution in [0.5, 0.6) is 5.75 Å². The Morgan fingerprint density at radius 3 is 2.72 bits per heavy atom. The summed E-state index contributed by atoms with van der Waals surface area (Å²) in [6.45, 7) is -0.375. The van der Waals surface area contributed by atoms with E-state index in [1.165, 1.54) is 18.9 Å². The van der Waals surface area contributed by atoms with E-state index in [1.54, 1.807) is 42.5 Å². The van der Waals surface area contributed by atoms with Crippen LogP contribution in [0.25, 0.3) is 0 Å². The normalized spacial score (nSPS) is 10.2. The number of hydrogen-bond acceptors (Lipinski definition) is 5. The number of anilines is 1. The van der Waals surface area contributed by atoms with E-state index >= 15 is 0 Å². The largest absolute Gasteiger partial charge is 0.497 e. The predicted molar refractivity (Wildman–Crippen MR) is 99.8 cm³/mol. The molecule has 2 aromatic carbocycles. The lowest BCUT2D eigenvalue weighted by Crippen LogP contribution is -2.21. The first-order valence-electron chi connectivity index (χ1n) is 7.15. The van der Waals surface area contributed by atoms with Crippen LogP contribution < -0.4 is 10.1 Å². The van der Waals surface area contributed by atoms with Gasteiger partial charge < -0.3 is 14.8 Å². The number of esters is 1. The Morgan fingerprint density at radius 2 is 1.96 bits per heavy atom. The monoisotopic (exact) mass is 399 g/mol. The number of methoxy groups -OCH3 is 1. The molecule has 0 saturated heterocycles. The maximum Gasteiger partial charge on any atom is 0.316 e. The smallest absolute Gasteiger partial charge is 0.316 e. The Hall–Kier alpha value is -1.89. The summed E-state index contributed by atoms with van der Waals surface area (Å²) in [7, 11) is 1.53. The highest BCUT2D eigenvalue weighted by Crippen LogP contribution is 2.29. The first-order valence-corrected chi connectivity index (χ1v) is 8.89. The van der Waals surface area contributed by atoms with Crippen molar-refractivity contribution in [3.05, 3.63) is 52.5 Å². The fourth-order valence-electron chi connectivity index (χ4n) is 1.81. The van der Waals surface area contributed by atoms with Gasteiger partial charge in [0.25, 0.3) is 5.91 Å². The van der Waals surface area contributed by atoms with Gasteiger partial charge in [-0.2, -0.15) is 0 Å². The van der Waals surface area contributed by atoms with Gasteiger partial charge in [-0.3, -0.25) is 9.59 Å². The Balaban J connectivity index is 1.77. The highest BCUT2D eigenvalue weighted by Gasteiger charge is 2.10. The molecule has 132 valence electrons. The molecule has 8 heteroatoms. The van der Waals surface area contributed by atoms with Crippen LogP contribution in [-0.2, 0) is 14.3 Å². The zero-order chi connectivity index (χ0) is 18.2. The van der Waals surface area contributed by atoms with Crippen molar-refractivity contribution in [3.63, 3.8) is 0 Å². The Labute approximate surface area is 159 Å². The number of hydrogen-bond donors (Lipinski definition) is 1. The van der Waals surface area contributed by atoms with Crippen molar-refractivity contribution >= 4 is 52.5 Å². The molecule has 0 fully saturated rings. The minimum Gasteiger partial charge on any atom is -0.497 e. The highest BCUT2D eigenvalue weighted by molar-refractivity contribution is 8.00. The number of ether oxygens (including phenoxy) is 2. The van der Waals surface area contributed by atoms with Gasteiger partial charge in [0.15, 0.2) is 6.61 Å². The fraction of sp³-hybridized carbons (Fsp3) is 0.176. The van der Waals surface area contributed by atoms with Gasteiger partial charge in [0.1, 0.15) is 5.75 Å². The summed E-state index contributed by atoms with van der Waals surface area (Å²) in [5.41, 5.74) is 0.556. The number of nitrogens with one attached hydrogen (secondary N) is 1. The van der Waals surface area contributed by atoms with Gasteiger partial charge in [-0.05, 0) is 30.3 Å². The summed E-state index contributed by atoms with van der Waals surface area (Å²) in [4.78, 5) is 24.2. The lowest BCUT2D eigenvalue weighted by atomic mass is 10.3. The molecule has 0 bridgehead atoms. The minimum atomic E-state index is -0.526. The first kappa shape index (κ1) is 19.4. The number of thioether (sulfide) groups is 1. The van der Waals surface area contributed by atoms with Gasteiger partial charge >= 0.3 is 5.97 Å². The van der Waals surface area contributed by atoms with Gasteiger partial charge in [-0.1, -0.05) is 29.3 Å². The molecule has 0 aromatic heterocycles. The number of carbonyl (C=O) groups excluding carboxylic acids is 2. The van der Waals surface area contributed by atoms with Gasteiger partial charge in [-0.15, -0.1) is 11.8 Å². The molecule has 0 spiro atoms. The molecule has 0 unspecified atom stereocenters. The average Bonchev–Trinajstić information content (AvgIpc) is 2.61. The van der Waals surface area contributed by atoms with E-state index in [9.17, 15) is 9.59 Å². The maximum atomic E-state index is 11.8. The standard InChI is InChI=1S/C17H15Cl2NO4S/c1-23-13-4-2-3-12(8-13)20-16(21)9-24-17(22)10-25-15-7-11(18)5-6-14(15)19/h2-8H,9-10H2,1H3,(H,20,21). The molecule has 2 rings (SSSR count). The quantitative estimate of drug-likeness (QED) is 0.555. The van der Waals surface area contributed by atoms with Crippen LogP contribution in [0.3, 0.4) is 0 Å². The Morgan fingerprint density at radius 1 is 1.16 bits per heavy atom. The van der Waals surface area contributed by atoms with Crippen molar-refractivity contribution in [2.75, 3.05) is 24.8 Å². The Kier molecular flexibility index (Phi) is 7.43. The van der Waals surface area contributed by atoms with E-state index in [0.717, 1.165) is 0 Å². The van der Waals surface area contributed by atoms with E-state index in [1.807, 2.05) is 0 Å². The summed E-state index contributed by atoms with van der Waals surface area (Å²) >= 11 is 13.1. The molecule has 0 heterocycles. The van der Waals surface area contributed by atoms with Crippen molar-refractivity contribution in [1.82, 2.24) is 0 Å². The van der Waals surface area contributed by atoms with E-state index in [4.69, 9.17) is 32.7 Å². The third-order valence-corrected chi connectivity index (χ3v) is 4.66. The number of amides is 1. The molecule has 0 aliphatic carbocycles. The lowest BCUT2D eigenvalue weighted by Gasteiger charge is -2.08. The van der Waals surface area contributed by atoms with Crippen molar-refractivity contribution < 1.29 is 19.1 Å². The molecule has 0 atom stereocenters. The lowest BCUT2D eigenvalue weighted by molar-refractivity contribution is -0.144. The summed E-state index contributed by atoms with van der Waals surface area (Å²) in [5.74, 6) is -0.328. The zero-order valence-electron chi connectivity index (χ0n) is 13.3. The van der Waals surface area contributed by atoms with Crippen molar-refractivity contribution in [2.24, 2.45) is 0 Å². The number of benzene rings is 2. The van der Waals surface area contributed by atoms with Crippen LogP contribution in [0.1, 0.15) is 0 Å². The van der Waals surface area contributed by atoms with Crippen LogP contribution in [0, 0.1) is 0 Å². The molecular formula is C17H15Cl2NO4S. The number of rotatable bonds is 7. The molecule has 5 nitrogen and oxygen atoms in total. The van der Waals surface area contributed by atoms with Gasteiger partial charge in [0.2, 0.25) is 0 Å². The average molecular weight is 400 g/mol. The SMILES string of the molecule is COc1cccc(NC(=O)COC(=O)CSc2cc(Cl)ccc2Cl)c1. The van der Waals surface area contributed by atoms with Crippen LogP contribution in [0.4, 0.5) is 5.69 Å². The molecule has 0 aliphatic rings. The Bertz CT molecular complexity index is 770. The first-order chi connectivity index (χ1) is 12.0. The third kappa shape index (κ3) is 6.49. The van der Waals surface area contributed by atoms with E-state index in [0.29, 0.717) is 26.4 Å². The maximum absolute atomic E-state index is 11.8. The van der Waals surface area contributed by atoms with Gasteiger partial charge in [0.05, 0.1) is 17.9 Å². The summed E-state index contributed by atoms with van der Waals surface area (Å²) in [6.07, 6.45) is 0. The zero-order valence-corrected chi connectivity index (χ0v) is 15.6. The second-order valence-corrected chi connectivity index (χ2v) is 6.67. The van der Waals surface area contributed by atoms with E-state index in [-0.39, 0.29) is 12.4 Å². The molecular weight excluding hydrogens is 385 g/mol. The summed E-state index contributed by atoms with van der Waals surface area (Å²) in [6, 6.07) is 11.8. The van der Waals surface area contributed by atoms with Crippen molar-refractivity contribution in [3.8, 4) is 5.75 Å². The van der Waals surface area contributed by atoms with Crippen molar-refractivity contribution in [1.29, 1.82) is 0 Å². The van der Waals surface area contributed by atoms with Crippen molar-refractivity contribution in [2.45, 2.75) is 4.90 Å².